The summed E-state index contributed by atoms with van der Waals surface area (Å²) in [6.45, 7) is 0.362. The van der Waals surface area contributed by atoms with E-state index in [-0.39, 0.29) is 18.1 Å². The molecule has 0 saturated heterocycles. The maximum absolute atomic E-state index is 12.4. The van der Waals surface area contributed by atoms with Gasteiger partial charge in [-0.25, -0.2) is 8.42 Å². The summed E-state index contributed by atoms with van der Waals surface area (Å²) in [5.74, 6) is -0.372. The summed E-state index contributed by atoms with van der Waals surface area (Å²) in [5.41, 5.74) is 1.63. The van der Waals surface area contributed by atoms with E-state index < -0.39 is 9.84 Å². The van der Waals surface area contributed by atoms with Crippen molar-refractivity contribution >= 4 is 21.4 Å². The Kier molecular flexibility index (Phi) is 5.27. The van der Waals surface area contributed by atoms with Gasteiger partial charge in [0.25, 0.3) is 0 Å². The molecule has 116 valence electrons. The second kappa shape index (κ2) is 7.17. The van der Waals surface area contributed by atoms with Crippen LogP contribution in [0, 0.1) is 0 Å². The van der Waals surface area contributed by atoms with Gasteiger partial charge < -0.3 is 4.90 Å². The number of hydrogen-bond donors (Lipinski definition) is 0. The molecule has 0 aliphatic rings. The van der Waals surface area contributed by atoms with Gasteiger partial charge in [0.1, 0.15) is 9.84 Å². The van der Waals surface area contributed by atoms with Crippen molar-refractivity contribution < 1.29 is 13.2 Å². The van der Waals surface area contributed by atoms with Gasteiger partial charge in [-0.3, -0.25) is 9.78 Å². The van der Waals surface area contributed by atoms with Crippen LogP contribution >= 0.6 is 0 Å². The molecule has 22 heavy (non-hydrogen) atoms. The summed E-state index contributed by atoms with van der Waals surface area (Å²) < 4.78 is 22.5. The summed E-state index contributed by atoms with van der Waals surface area (Å²) in [7, 11) is -3.17. The van der Waals surface area contributed by atoms with E-state index in [2.05, 4.69) is 4.98 Å². The number of para-hydroxylation sites is 1. The molecule has 6 heteroatoms. The molecule has 2 rings (SSSR count). The molecule has 0 fully saturated rings. The lowest BCUT2D eigenvalue weighted by molar-refractivity contribution is -0.118. The molecule has 1 aromatic carbocycles. The maximum atomic E-state index is 12.4. The molecule has 1 heterocycles. The van der Waals surface area contributed by atoms with E-state index in [9.17, 15) is 13.2 Å². The Bertz CT molecular complexity index is 716. The normalized spacial score (nSPS) is 11.1. The van der Waals surface area contributed by atoms with E-state index in [4.69, 9.17) is 0 Å². The molecule has 0 N–H and O–H groups in total. The number of carbonyl (C=O) groups is 1. The SMILES string of the molecule is CS(=O)(=O)CCC(=O)N(Cc1cccnc1)c1ccccc1. The van der Waals surface area contributed by atoms with Gasteiger partial charge in [-0.1, -0.05) is 24.3 Å². The van der Waals surface area contributed by atoms with Crippen LogP contribution in [0.1, 0.15) is 12.0 Å². The Morgan fingerprint density at radius 2 is 1.86 bits per heavy atom. The minimum atomic E-state index is -3.17. The van der Waals surface area contributed by atoms with Crippen molar-refractivity contribution in [3.63, 3.8) is 0 Å². The largest absolute Gasteiger partial charge is 0.308 e. The van der Waals surface area contributed by atoms with Gasteiger partial charge in [-0.05, 0) is 23.8 Å². The average Bonchev–Trinajstić information content (AvgIpc) is 2.51. The summed E-state index contributed by atoms with van der Waals surface area (Å²) in [4.78, 5) is 18.1. The van der Waals surface area contributed by atoms with Crippen molar-refractivity contribution in [1.29, 1.82) is 0 Å². The fourth-order valence-corrected chi connectivity index (χ4v) is 2.56. The van der Waals surface area contributed by atoms with E-state index in [0.717, 1.165) is 17.5 Å². The zero-order valence-corrected chi connectivity index (χ0v) is 13.2. The average molecular weight is 318 g/mol. The first-order valence-corrected chi connectivity index (χ1v) is 8.94. The first-order chi connectivity index (χ1) is 10.5. The third-order valence-corrected chi connectivity index (χ3v) is 4.06. The highest BCUT2D eigenvalue weighted by Gasteiger charge is 2.18. The third-order valence-electron chi connectivity index (χ3n) is 3.12. The Morgan fingerprint density at radius 1 is 1.14 bits per heavy atom. The van der Waals surface area contributed by atoms with Crippen LogP contribution in [-0.4, -0.2) is 31.3 Å². The smallest absolute Gasteiger partial charge is 0.228 e. The van der Waals surface area contributed by atoms with Crippen LogP contribution in [0.25, 0.3) is 0 Å². The van der Waals surface area contributed by atoms with E-state index >= 15 is 0 Å². The number of nitrogens with zero attached hydrogens (tertiary/aromatic N) is 2. The lowest BCUT2D eigenvalue weighted by atomic mass is 10.2. The number of anilines is 1. The van der Waals surface area contributed by atoms with Crippen LogP contribution in [0.5, 0.6) is 0 Å². The second-order valence-corrected chi connectivity index (χ2v) is 7.32. The molecule has 5 nitrogen and oxygen atoms in total. The van der Waals surface area contributed by atoms with Crippen molar-refractivity contribution in [3.05, 3.63) is 60.4 Å². The highest BCUT2D eigenvalue weighted by molar-refractivity contribution is 7.90. The van der Waals surface area contributed by atoms with Crippen LogP contribution in [0.3, 0.4) is 0 Å². The van der Waals surface area contributed by atoms with Gasteiger partial charge in [0.05, 0.1) is 12.3 Å². The quantitative estimate of drug-likeness (QED) is 0.817. The monoisotopic (exact) mass is 318 g/mol. The van der Waals surface area contributed by atoms with Crippen molar-refractivity contribution in [2.45, 2.75) is 13.0 Å². The lowest BCUT2D eigenvalue weighted by Crippen LogP contribution is -2.31. The molecule has 0 bridgehead atoms. The molecule has 0 aliphatic carbocycles. The number of hydrogen-bond acceptors (Lipinski definition) is 4. The molecular weight excluding hydrogens is 300 g/mol. The van der Waals surface area contributed by atoms with Crippen molar-refractivity contribution in [2.75, 3.05) is 16.9 Å². The first-order valence-electron chi connectivity index (χ1n) is 6.88. The van der Waals surface area contributed by atoms with Gasteiger partial charge in [0.2, 0.25) is 5.91 Å². The highest BCUT2D eigenvalue weighted by Crippen LogP contribution is 2.18. The zero-order chi connectivity index (χ0) is 16.0. The van der Waals surface area contributed by atoms with Crippen LogP contribution in [0.4, 0.5) is 5.69 Å². The number of amides is 1. The third kappa shape index (κ3) is 4.96. The fraction of sp³-hybridized carbons (Fsp3) is 0.250. The van der Waals surface area contributed by atoms with Crippen molar-refractivity contribution in [1.82, 2.24) is 4.98 Å². The zero-order valence-electron chi connectivity index (χ0n) is 12.3. The minimum Gasteiger partial charge on any atom is -0.308 e. The number of sulfone groups is 1. The lowest BCUT2D eigenvalue weighted by Gasteiger charge is -2.23. The molecular formula is C16H18N2O3S. The van der Waals surface area contributed by atoms with Gasteiger partial charge >= 0.3 is 0 Å². The predicted octanol–water partition coefficient (Wildman–Crippen LogP) is 2.05. The van der Waals surface area contributed by atoms with Crippen LogP contribution < -0.4 is 4.90 Å². The summed E-state index contributed by atoms with van der Waals surface area (Å²) in [6.07, 6.45) is 4.46. The molecule has 0 radical (unpaired) electrons. The van der Waals surface area contributed by atoms with Crippen LogP contribution in [0.2, 0.25) is 0 Å². The molecule has 0 atom stereocenters. The Hall–Kier alpha value is -2.21. The maximum Gasteiger partial charge on any atom is 0.228 e. The van der Waals surface area contributed by atoms with Crippen molar-refractivity contribution in [3.8, 4) is 0 Å². The number of aromatic nitrogens is 1. The van der Waals surface area contributed by atoms with Crippen LogP contribution in [-0.2, 0) is 21.2 Å². The van der Waals surface area contributed by atoms with Gasteiger partial charge in [0.15, 0.2) is 0 Å². The predicted molar refractivity (Wildman–Crippen MR) is 86.2 cm³/mol. The topological polar surface area (TPSA) is 67.3 Å². The number of rotatable bonds is 6. The molecule has 0 unspecified atom stereocenters. The molecule has 0 saturated carbocycles. The Balaban J connectivity index is 2.20. The summed E-state index contributed by atoms with van der Waals surface area (Å²) in [6, 6.07) is 12.9. The number of pyridine rings is 1. The van der Waals surface area contributed by atoms with Crippen molar-refractivity contribution in [2.24, 2.45) is 0 Å². The highest BCUT2D eigenvalue weighted by atomic mass is 32.2. The minimum absolute atomic E-state index is 0.0337. The summed E-state index contributed by atoms with van der Waals surface area (Å²) >= 11 is 0. The van der Waals surface area contributed by atoms with Crippen LogP contribution in [0.15, 0.2) is 54.9 Å². The van der Waals surface area contributed by atoms with E-state index in [1.165, 1.54) is 0 Å². The van der Waals surface area contributed by atoms with Gasteiger partial charge in [-0.15, -0.1) is 0 Å². The molecule has 1 aromatic heterocycles. The van der Waals surface area contributed by atoms with E-state index in [1.807, 2.05) is 36.4 Å². The molecule has 0 spiro atoms. The summed E-state index contributed by atoms with van der Waals surface area (Å²) in [5, 5.41) is 0. The molecule has 0 aliphatic heterocycles. The van der Waals surface area contributed by atoms with Gasteiger partial charge in [-0.2, -0.15) is 0 Å². The van der Waals surface area contributed by atoms with E-state index in [0.29, 0.717) is 6.54 Å². The van der Waals surface area contributed by atoms with E-state index in [1.54, 1.807) is 23.4 Å². The second-order valence-electron chi connectivity index (χ2n) is 5.06. The fourth-order valence-electron chi connectivity index (χ4n) is 2.01. The first kappa shape index (κ1) is 16.2. The standard InChI is InChI=1S/C16H18N2O3S/c1-22(20,21)11-9-16(19)18(15-7-3-2-4-8-15)13-14-6-5-10-17-12-14/h2-8,10,12H,9,11,13H2,1H3. The molecule has 2 aromatic rings. The number of benzene rings is 1. The number of carbonyl (C=O) groups excluding carboxylic acids is 1. The Labute approximate surface area is 130 Å². The van der Waals surface area contributed by atoms with Gasteiger partial charge in [0, 0.05) is 30.8 Å². The molecule has 1 amide bonds. The Morgan fingerprint density at radius 3 is 2.45 bits per heavy atom.